The average Bonchev–Trinajstić information content (AvgIpc) is 3.23. The number of anilines is 1. The van der Waals surface area contributed by atoms with E-state index in [1.165, 1.54) is 15.2 Å². The Morgan fingerprint density at radius 1 is 1.09 bits per heavy atom. The summed E-state index contributed by atoms with van der Waals surface area (Å²) in [5.74, 6) is -0.475. The lowest BCUT2D eigenvalue weighted by molar-refractivity contribution is 0.0950. The van der Waals surface area contributed by atoms with Crippen LogP contribution in [0.25, 0.3) is 0 Å². The minimum atomic E-state index is -3.93. The van der Waals surface area contributed by atoms with Crippen LogP contribution in [0.1, 0.15) is 16.1 Å². The summed E-state index contributed by atoms with van der Waals surface area (Å²) in [6.45, 7) is 1.98. The number of nitrogens with one attached hydrogen (secondary N) is 1. The largest absolute Gasteiger partial charge is 0.369 e. The first-order valence-corrected chi connectivity index (χ1v) is 12.4. The molecule has 9 nitrogen and oxygen atoms in total. The second kappa shape index (κ2) is 9.90. The molecule has 0 radical (unpaired) electrons. The summed E-state index contributed by atoms with van der Waals surface area (Å²) in [4.78, 5) is 19.1. The van der Waals surface area contributed by atoms with Crippen molar-refractivity contribution in [3.8, 4) is 0 Å². The summed E-state index contributed by atoms with van der Waals surface area (Å²) < 4.78 is 29.4. The Hall–Kier alpha value is -2.95. The van der Waals surface area contributed by atoms with Crippen molar-refractivity contribution in [3.63, 3.8) is 0 Å². The number of aromatic nitrogens is 3. The highest BCUT2D eigenvalue weighted by molar-refractivity contribution is 7.89. The summed E-state index contributed by atoms with van der Waals surface area (Å²) in [5, 5.41) is 7.32. The van der Waals surface area contributed by atoms with Gasteiger partial charge in [0.1, 0.15) is 0 Å². The number of pyridine rings is 1. The van der Waals surface area contributed by atoms with Crippen molar-refractivity contribution < 1.29 is 13.2 Å². The monoisotopic (exact) mass is 488 g/mol. The van der Waals surface area contributed by atoms with Crippen LogP contribution in [0, 0.1) is 0 Å². The molecule has 0 spiro atoms. The molecule has 174 valence electrons. The zero-order valence-corrected chi connectivity index (χ0v) is 19.8. The first-order chi connectivity index (χ1) is 15.8. The minimum absolute atomic E-state index is 0.0404. The van der Waals surface area contributed by atoms with E-state index in [0.717, 1.165) is 11.4 Å². The van der Waals surface area contributed by atoms with E-state index in [4.69, 9.17) is 11.6 Å². The van der Waals surface area contributed by atoms with Crippen LogP contribution in [0.2, 0.25) is 5.02 Å². The second-order valence-corrected chi connectivity index (χ2v) is 10.0. The van der Waals surface area contributed by atoms with Crippen molar-refractivity contribution in [3.05, 3.63) is 71.1 Å². The third kappa shape index (κ3) is 5.35. The SMILES string of the molecule is Cn1cc(C(=O)NCCc2ccccn2)c(S(=O)(=O)N2CCN(c3ccc(Cl)cc3)CC2)n1. The number of carbonyl (C=O) groups is 1. The Morgan fingerprint density at radius 3 is 2.48 bits per heavy atom. The zero-order chi connectivity index (χ0) is 23.4. The predicted octanol–water partition coefficient (Wildman–Crippen LogP) is 1.95. The highest BCUT2D eigenvalue weighted by Gasteiger charge is 2.34. The molecule has 0 atom stereocenters. The van der Waals surface area contributed by atoms with Crippen LogP contribution >= 0.6 is 11.6 Å². The van der Waals surface area contributed by atoms with Crippen molar-refractivity contribution in [1.82, 2.24) is 24.4 Å². The van der Waals surface area contributed by atoms with Gasteiger partial charge in [-0.1, -0.05) is 17.7 Å². The molecule has 1 aliphatic rings. The number of halogens is 1. The lowest BCUT2D eigenvalue weighted by Crippen LogP contribution is -2.49. The van der Waals surface area contributed by atoms with Gasteiger partial charge in [0.15, 0.2) is 0 Å². The Bertz CT molecular complexity index is 1210. The van der Waals surface area contributed by atoms with E-state index in [1.807, 2.05) is 42.5 Å². The van der Waals surface area contributed by atoms with Crippen molar-refractivity contribution in [1.29, 1.82) is 0 Å². The van der Waals surface area contributed by atoms with E-state index in [0.29, 0.717) is 44.2 Å². The predicted molar refractivity (Wildman–Crippen MR) is 126 cm³/mol. The van der Waals surface area contributed by atoms with E-state index in [-0.39, 0.29) is 10.6 Å². The zero-order valence-electron chi connectivity index (χ0n) is 18.2. The molecule has 2 aromatic heterocycles. The number of rotatable bonds is 7. The first-order valence-electron chi connectivity index (χ1n) is 10.6. The lowest BCUT2D eigenvalue weighted by atomic mass is 10.2. The van der Waals surface area contributed by atoms with E-state index in [1.54, 1.807) is 13.2 Å². The van der Waals surface area contributed by atoms with E-state index < -0.39 is 15.9 Å². The first kappa shape index (κ1) is 23.2. The van der Waals surface area contributed by atoms with Gasteiger partial charge in [0, 0.05) is 75.0 Å². The molecule has 33 heavy (non-hydrogen) atoms. The van der Waals surface area contributed by atoms with Crippen LogP contribution < -0.4 is 10.2 Å². The fourth-order valence-electron chi connectivity index (χ4n) is 3.72. The topological polar surface area (TPSA) is 100 Å². The number of amides is 1. The third-order valence-electron chi connectivity index (χ3n) is 5.45. The van der Waals surface area contributed by atoms with Gasteiger partial charge in [0.05, 0.1) is 5.56 Å². The molecule has 1 N–H and O–H groups in total. The van der Waals surface area contributed by atoms with Crippen LogP contribution in [0.5, 0.6) is 0 Å². The number of aryl methyl sites for hydroxylation is 1. The second-order valence-electron chi connectivity index (χ2n) is 7.72. The van der Waals surface area contributed by atoms with Crippen LogP contribution in [0.4, 0.5) is 5.69 Å². The van der Waals surface area contributed by atoms with Gasteiger partial charge in [0.25, 0.3) is 15.9 Å². The van der Waals surface area contributed by atoms with Crippen LogP contribution in [0.15, 0.2) is 59.9 Å². The Morgan fingerprint density at radius 2 is 1.82 bits per heavy atom. The molecule has 11 heteroatoms. The van der Waals surface area contributed by atoms with Gasteiger partial charge in [-0.05, 0) is 36.4 Å². The summed E-state index contributed by atoms with van der Waals surface area (Å²) in [6, 6.07) is 13.0. The molecule has 1 fully saturated rings. The summed E-state index contributed by atoms with van der Waals surface area (Å²) >= 11 is 5.96. The lowest BCUT2D eigenvalue weighted by Gasteiger charge is -2.35. The molecule has 0 aliphatic carbocycles. The summed E-state index contributed by atoms with van der Waals surface area (Å²) in [5.41, 5.74) is 1.87. The van der Waals surface area contributed by atoms with E-state index in [2.05, 4.69) is 20.3 Å². The molecule has 1 saturated heterocycles. The number of sulfonamides is 1. The number of hydrogen-bond donors (Lipinski definition) is 1. The average molecular weight is 489 g/mol. The number of nitrogens with zero attached hydrogens (tertiary/aromatic N) is 5. The number of hydrogen-bond acceptors (Lipinski definition) is 6. The van der Waals surface area contributed by atoms with Crippen LogP contribution in [-0.4, -0.2) is 66.1 Å². The van der Waals surface area contributed by atoms with Gasteiger partial charge >= 0.3 is 0 Å². The maximum atomic E-state index is 13.3. The summed E-state index contributed by atoms with van der Waals surface area (Å²) in [6.07, 6.45) is 3.67. The van der Waals surface area contributed by atoms with Crippen molar-refractivity contribution in [2.45, 2.75) is 11.4 Å². The number of piperazine rings is 1. The maximum absolute atomic E-state index is 13.3. The maximum Gasteiger partial charge on any atom is 0.263 e. The van der Waals surface area contributed by atoms with Crippen molar-refractivity contribution in [2.24, 2.45) is 7.05 Å². The van der Waals surface area contributed by atoms with Crippen LogP contribution in [0.3, 0.4) is 0 Å². The molecule has 1 amide bonds. The van der Waals surface area contributed by atoms with Gasteiger partial charge in [0.2, 0.25) is 5.03 Å². The van der Waals surface area contributed by atoms with Gasteiger partial charge in [-0.15, -0.1) is 0 Å². The normalized spacial score (nSPS) is 14.9. The van der Waals surface area contributed by atoms with Crippen LogP contribution in [-0.2, 0) is 23.5 Å². The molecule has 4 rings (SSSR count). The third-order valence-corrected chi connectivity index (χ3v) is 7.53. The van der Waals surface area contributed by atoms with E-state index in [9.17, 15) is 13.2 Å². The number of benzene rings is 1. The van der Waals surface area contributed by atoms with Crippen molar-refractivity contribution >= 4 is 33.2 Å². The Kier molecular flexibility index (Phi) is 6.96. The molecule has 0 saturated carbocycles. The molecule has 3 aromatic rings. The molecule has 3 heterocycles. The molecular weight excluding hydrogens is 464 g/mol. The van der Waals surface area contributed by atoms with Gasteiger partial charge < -0.3 is 10.2 Å². The smallest absolute Gasteiger partial charge is 0.263 e. The quantitative estimate of drug-likeness (QED) is 0.545. The van der Waals surface area contributed by atoms with Gasteiger partial charge in [-0.2, -0.15) is 9.40 Å². The Balaban J connectivity index is 1.42. The Labute approximate surface area is 198 Å². The van der Waals surface area contributed by atoms with E-state index >= 15 is 0 Å². The van der Waals surface area contributed by atoms with Gasteiger partial charge in [-0.25, -0.2) is 8.42 Å². The molecule has 1 aliphatic heterocycles. The summed E-state index contributed by atoms with van der Waals surface area (Å²) in [7, 11) is -2.33. The molecule has 1 aromatic carbocycles. The highest BCUT2D eigenvalue weighted by atomic mass is 35.5. The van der Waals surface area contributed by atoms with Crippen molar-refractivity contribution in [2.75, 3.05) is 37.6 Å². The molecule has 0 unspecified atom stereocenters. The highest BCUT2D eigenvalue weighted by Crippen LogP contribution is 2.23. The number of carbonyl (C=O) groups excluding carboxylic acids is 1. The molecule has 0 bridgehead atoms. The standard InChI is InChI=1S/C22H25ClN6O3S/c1-27-16-20(21(30)25-11-9-18-4-2-3-10-24-18)22(26-27)33(31,32)29-14-12-28(13-15-29)19-7-5-17(23)6-8-19/h2-8,10,16H,9,11-15H2,1H3,(H,25,30). The fourth-order valence-corrected chi connectivity index (χ4v) is 5.39. The molecular formula is C22H25ClN6O3S. The van der Waals surface area contributed by atoms with Gasteiger partial charge in [-0.3, -0.25) is 14.5 Å². The minimum Gasteiger partial charge on any atom is -0.369 e. The fraction of sp³-hybridized carbons (Fsp3) is 0.318.